The third-order valence-electron chi connectivity index (χ3n) is 2.14. The second kappa shape index (κ2) is 7.56. The molecule has 0 fully saturated rings. The fourth-order valence-electron chi connectivity index (χ4n) is 1.19. The molecule has 0 spiro atoms. The molecule has 0 aromatic heterocycles. The summed E-state index contributed by atoms with van der Waals surface area (Å²) in [7, 11) is 0. The van der Waals surface area contributed by atoms with Crippen LogP contribution in [0.25, 0.3) is 0 Å². The maximum absolute atomic E-state index is 11.4. The highest BCUT2D eigenvalue weighted by atomic mass is 79.9. The van der Waals surface area contributed by atoms with E-state index in [9.17, 15) is 4.79 Å². The zero-order valence-electron chi connectivity index (χ0n) is 9.63. The molecule has 0 radical (unpaired) electrons. The molecule has 0 saturated heterocycles. The van der Waals surface area contributed by atoms with E-state index in [0.717, 1.165) is 23.0 Å². The first kappa shape index (κ1) is 14.3. The van der Waals surface area contributed by atoms with Crippen LogP contribution >= 0.6 is 27.5 Å². The highest BCUT2D eigenvalue weighted by Gasteiger charge is 2.06. The predicted molar refractivity (Wildman–Crippen MR) is 73.5 cm³/mol. The fraction of sp³-hybridized carbons (Fsp3) is 0.417. The average Bonchev–Trinajstić information content (AvgIpc) is 2.31. The number of benzene rings is 1. The number of halogens is 2. The van der Waals surface area contributed by atoms with Crippen LogP contribution in [-0.2, 0) is 9.53 Å². The molecule has 0 unspecified atom stereocenters. The molecule has 0 bridgehead atoms. The summed E-state index contributed by atoms with van der Waals surface area (Å²) in [6, 6.07) is 5.43. The summed E-state index contributed by atoms with van der Waals surface area (Å²) in [6.45, 7) is 2.67. The van der Waals surface area contributed by atoms with Crippen molar-refractivity contribution in [3.63, 3.8) is 0 Å². The van der Waals surface area contributed by atoms with Gasteiger partial charge >= 0.3 is 5.97 Å². The zero-order chi connectivity index (χ0) is 12.7. The van der Waals surface area contributed by atoms with Gasteiger partial charge in [-0.05, 0) is 34.5 Å². The number of ether oxygens (including phenoxy) is 1. The molecule has 0 aliphatic carbocycles. The van der Waals surface area contributed by atoms with E-state index >= 15 is 0 Å². The Hall–Kier alpha value is -0.740. The molecule has 5 heteroatoms. The minimum Gasteiger partial charge on any atom is -0.464 e. The first-order valence-electron chi connectivity index (χ1n) is 5.48. The summed E-state index contributed by atoms with van der Waals surface area (Å²) < 4.78 is 5.78. The highest BCUT2D eigenvalue weighted by molar-refractivity contribution is 9.10. The smallest absolute Gasteiger partial charge is 0.325 e. The average molecular weight is 321 g/mol. The van der Waals surface area contributed by atoms with E-state index in [-0.39, 0.29) is 12.5 Å². The van der Waals surface area contributed by atoms with Crippen molar-refractivity contribution in [2.75, 3.05) is 18.5 Å². The summed E-state index contributed by atoms with van der Waals surface area (Å²) in [6.07, 6.45) is 1.91. The van der Waals surface area contributed by atoms with Gasteiger partial charge in [-0.25, -0.2) is 0 Å². The Labute approximate surface area is 115 Å². The molecule has 1 aromatic carbocycles. The Bertz CT molecular complexity index is 385. The number of unbranched alkanes of at least 4 members (excludes halogenated alkanes) is 1. The van der Waals surface area contributed by atoms with Crippen molar-refractivity contribution in [1.82, 2.24) is 0 Å². The van der Waals surface area contributed by atoms with E-state index in [1.807, 2.05) is 12.1 Å². The molecule has 1 N–H and O–H groups in total. The van der Waals surface area contributed by atoms with Gasteiger partial charge in [-0.2, -0.15) is 0 Å². The van der Waals surface area contributed by atoms with Gasteiger partial charge in [-0.1, -0.05) is 31.0 Å². The maximum atomic E-state index is 11.4. The normalized spacial score (nSPS) is 10.1. The fourth-order valence-corrected chi connectivity index (χ4v) is 1.77. The summed E-state index contributed by atoms with van der Waals surface area (Å²) in [5.74, 6) is -0.259. The van der Waals surface area contributed by atoms with Gasteiger partial charge in [-0.3, -0.25) is 4.79 Å². The lowest BCUT2D eigenvalue weighted by atomic mass is 10.3. The summed E-state index contributed by atoms with van der Waals surface area (Å²) >= 11 is 9.28. The van der Waals surface area contributed by atoms with Crippen molar-refractivity contribution >= 4 is 39.2 Å². The van der Waals surface area contributed by atoms with Crippen molar-refractivity contribution in [3.8, 4) is 0 Å². The lowest BCUT2D eigenvalue weighted by Gasteiger charge is -2.09. The minimum absolute atomic E-state index is 0.142. The third-order valence-corrected chi connectivity index (χ3v) is 3.53. The Kier molecular flexibility index (Phi) is 6.37. The molecule has 1 rings (SSSR count). The second-order valence-corrected chi connectivity index (χ2v) is 4.73. The maximum Gasteiger partial charge on any atom is 0.325 e. The number of nitrogens with one attached hydrogen (secondary N) is 1. The first-order chi connectivity index (χ1) is 8.15. The molecule has 0 aliphatic heterocycles. The van der Waals surface area contributed by atoms with Gasteiger partial charge in [0.05, 0.1) is 21.8 Å². The van der Waals surface area contributed by atoms with Crippen LogP contribution in [0.15, 0.2) is 22.7 Å². The van der Waals surface area contributed by atoms with Crippen molar-refractivity contribution in [3.05, 3.63) is 27.7 Å². The van der Waals surface area contributed by atoms with Crippen LogP contribution in [0.4, 0.5) is 5.69 Å². The lowest BCUT2D eigenvalue weighted by Crippen LogP contribution is -2.17. The third kappa shape index (κ3) is 4.96. The zero-order valence-corrected chi connectivity index (χ0v) is 12.0. The number of anilines is 1. The Morgan fingerprint density at radius 1 is 1.53 bits per heavy atom. The molecule has 94 valence electrons. The van der Waals surface area contributed by atoms with E-state index in [2.05, 4.69) is 28.2 Å². The molecule has 0 atom stereocenters. The summed E-state index contributed by atoms with van der Waals surface area (Å²) in [5.41, 5.74) is 0.782. The molecule has 1 aromatic rings. The van der Waals surface area contributed by atoms with Gasteiger partial charge in [0.2, 0.25) is 0 Å². The number of carbonyl (C=O) groups excluding carboxylic acids is 1. The van der Waals surface area contributed by atoms with Gasteiger partial charge in [0.15, 0.2) is 0 Å². The van der Waals surface area contributed by atoms with Crippen molar-refractivity contribution in [2.45, 2.75) is 19.8 Å². The first-order valence-corrected chi connectivity index (χ1v) is 6.65. The number of esters is 1. The molecular weight excluding hydrogens is 305 g/mol. The summed E-state index contributed by atoms with van der Waals surface area (Å²) in [5, 5.41) is 3.58. The van der Waals surface area contributed by atoms with Crippen LogP contribution in [0.1, 0.15) is 19.8 Å². The molecule has 3 nitrogen and oxygen atoms in total. The predicted octanol–water partition coefficient (Wildman–Crippen LogP) is 3.86. The Balaban J connectivity index is 2.39. The van der Waals surface area contributed by atoms with Crippen molar-refractivity contribution in [2.24, 2.45) is 0 Å². The number of hydrogen-bond donors (Lipinski definition) is 1. The largest absolute Gasteiger partial charge is 0.464 e. The molecule has 0 aliphatic rings. The molecular formula is C12H15BrClNO2. The van der Waals surface area contributed by atoms with E-state index in [0.29, 0.717) is 11.6 Å². The molecule has 0 heterocycles. The highest BCUT2D eigenvalue weighted by Crippen LogP contribution is 2.29. The van der Waals surface area contributed by atoms with Crippen molar-refractivity contribution < 1.29 is 9.53 Å². The van der Waals surface area contributed by atoms with E-state index in [1.54, 1.807) is 6.07 Å². The van der Waals surface area contributed by atoms with E-state index < -0.39 is 0 Å². The van der Waals surface area contributed by atoms with Crippen LogP contribution < -0.4 is 5.32 Å². The number of rotatable bonds is 6. The lowest BCUT2D eigenvalue weighted by molar-refractivity contribution is -0.141. The Morgan fingerprint density at radius 2 is 2.29 bits per heavy atom. The van der Waals surface area contributed by atoms with Gasteiger partial charge in [0.1, 0.15) is 6.54 Å². The quantitative estimate of drug-likeness (QED) is 0.639. The van der Waals surface area contributed by atoms with Crippen LogP contribution in [0.3, 0.4) is 0 Å². The molecule has 17 heavy (non-hydrogen) atoms. The molecule has 0 saturated carbocycles. The Morgan fingerprint density at radius 3 is 3.00 bits per heavy atom. The number of carbonyl (C=O) groups is 1. The van der Waals surface area contributed by atoms with Crippen LogP contribution in [0.5, 0.6) is 0 Å². The van der Waals surface area contributed by atoms with Gasteiger partial charge < -0.3 is 10.1 Å². The number of hydrogen-bond acceptors (Lipinski definition) is 3. The standard InChI is InChI=1S/C12H15BrClNO2/c1-2-3-7-17-11(16)8-15-10-6-4-5-9(14)12(10)13/h4-6,15H,2-3,7-8H2,1H3. The van der Waals surface area contributed by atoms with Crippen LogP contribution in [-0.4, -0.2) is 19.1 Å². The monoisotopic (exact) mass is 319 g/mol. The van der Waals surface area contributed by atoms with Gasteiger partial charge in [0.25, 0.3) is 0 Å². The van der Waals surface area contributed by atoms with E-state index in [1.165, 1.54) is 0 Å². The molecule has 0 amide bonds. The SMILES string of the molecule is CCCCOC(=O)CNc1cccc(Cl)c1Br. The van der Waals surface area contributed by atoms with Crippen molar-refractivity contribution in [1.29, 1.82) is 0 Å². The minimum atomic E-state index is -0.259. The van der Waals surface area contributed by atoms with Gasteiger partial charge in [-0.15, -0.1) is 0 Å². The van der Waals surface area contributed by atoms with Crippen LogP contribution in [0, 0.1) is 0 Å². The second-order valence-electron chi connectivity index (χ2n) is 3.53. The van der Waals surface area contributed by atoms with E-state index in [4.69, 9.17) is 16.3 Å². The van der Waals surface area contributed by atoms with Crippen LogP contribution in [0.2, 0.25) is 5.02 Å². The summed E-state index contributed by atoms with van der Waals surface area (Å²) in [4.78, 5) is 11.4. The van der Waals surface area contributed by atoms with Gasteiger partial charge in [0, 0.05) is 0 Å². The topological polar surface area (TPSA) is 38.3 Å².